The average molecular weight is 349 g/mol. The van der Waals surface area contributed by atoms with Crippen molar-refractivity contribution in [3.8, 4) is 11.1 Å². The Balaban J connectivity index is 1.55. The molecular weight excluding hydrogens is 329 g/mol. The van der Waals surface area contributed by atoms with Crippen molar-refractivity contribution in [3.05, 3.63) is 84.2 Å². The third-order valence-electron chi connectivity index (χ3n) is 4.20. The maximum atomic E-state index is 13.1. The number of nitrogens with zero attached hydrogens (tertiary/aromatic N) is 2. The minimum absolute atomic E-state index is 0.0695. The van der Waals surface area contributed by atoms with E-state index in [0.29, 0.717) is 12.8 Å². The molecule has 0 aliphatic heterocycles. The summed E-state index contributed by atoms with van der Waals surface area (Å²) >= 11 is 0. The van der Waals surface area contributed by atoms with E-state index >= 15 is 0 Å². The van der Waals surface area contributed by atoms with Crippen LogP contribution in [0, 0.1) is 5.82 Å². The number of pyridine rings is 2. The Morgan fingerprint density at radius 2 is 1.73 bits per heavy atom. The molecule has 0 radical (unpaired) electrons. The predicted molar refractivity (Wildman–Crippen MR) is 98.7 cm³/mol. The summed E-state index contributed by atoms with van der Waals surface area (Å²) in [6, 6.07) is 13.3. The zero-order valence-corrected chi connectivity index (χ0v) is 14.5. The van der Waals surface area contributed by atoms with Crippen molar-refractivity contribution in [2.75, 3.05) is 0 Å². The van der Waals surface area contributed by atoms with Crippen molar-refractivity contribution in [1.29, 1.82) is 0 Å². The summed E-state index contributed by atoms with van der Waals surface area (Å²) in [7, 11) is 0. The Hall–Kier alpha value is -3.08. The molecule has 1 N–H and O–H groups in total. The average Bonchev–Trinajstić information content (AvgIpc) is 2.67. The van der Waals surface area contributed by atoms with Crippen molar-refractivity contribution < 1.29 is 9.18 Å². The fourth-order valence-corrected chi connectivity index (χ4v) is 2.76. The highest BCUT2D eigenvalue weighted by Gasteiger charge is 2.10. The molecule has 3 rings (SSSR count). The van der Waals surface area contributed by atoms with Gasteiger partial charge in [0.15, 0.2) is 0 Å². The molecule has 2 aromatic heterocycles. The molecule has 1 unspecified atom stereocenters. The van der Waals surface area contributed by atoms with Crippen LogP contribution in [-0.2, 0) is 11.2 Å². The second-order valence-corrected chi connectivity index (χ2v) is 6.16. The monoisotopic (exact) mass is 349 g/mol. The van der Waals surface area contributed by atoms with E-state index in [2.05, 4.69) is 15.3 Å². The number of carbonyl (C=O) groups is 1. The first-order chi connectivity index (χ1) is 12.6. The Bertz CT molecular complexity index is 866. The van der Waals surface area contributed by atoms with Gasteiger partial charge >= 0.3 is 0 Å². The normalized spacial score (nSPS) is 11.8. The van der Waals surface area contributed by atoms with Gasteiger partial charge in [-0.25, -0.2) is 4.39 Å². The Labute approximate surface area is 152 Å². The topological polar surface area (TPSA) is 54.9 Å². The third-order valence-corrected chi connectivity index (χ3v) is 4.20. The van der Waals surface area contributed by atoms with Gasteiger partial charge in [-0.15, -0.1) is 0 Å². The lowest BCUT2D eigenvalue weighted by atomic mass is 10.0. The number of carbonyl (C=O) groups excluding carboxylic acids is 1. The van der Waals surface area contributed by atoms with Crippen LogP contribution in [0.5, 0.6) is 0 Å². The number of hydrogen-bond acceptors (Lipinski definition) is 3. The van der Waals surface area contributed by atoms with Gasteiger partial charge in [-0.3, -0.25) is 14.8 Å². The highest BCUT2D eigenvalue weighted by molar-refractivity contribution is 5.76. The van der Waals surface area contributed by atoms with E-state index in [1.807, 2.05) is 43.3 Å². The summed E-state index contributed by atoms with van der Waals surface area (Å²) in [6.45, 7) is 1.95. The van der Waals surface area contributed by atoms with Crippen LogP contribution >= 0.6 is 0 Å². The van der Waals surface area contributed by atoms with Crippen LogP contribution < -0.4 is 5.32 Å². The van der Waals surface area contributed by atoms with E-state index in [9.17, 15) is 9.18 Å². The molecule has 0 fully saturated rings. The molecule has 5 heteroatoms. The van der Waals surface area contributed by atoms with E-state index in [1.54, 1.807) is 18.6 Å². The smallest absolute Gasteiger partial charge is 0.220 e. The highest BCUT2D eigenvalue weighted by Crippen LogP contribution is 2.21. The van der Waals surface area contributed by atoms with Crippen LogP contribution in [0.1, 0.15) is 30.5 Å². The Kier molecular flexibility index (Phi) is 5.69. The number of rotatable bonds is 6. The van der Waals surface area contributed by atoms with Crippen LogP contribution in [0.15, 0.2) is 67.3 Å². The summed E-state index contributed by atoms with van der Waals surface area (Å²) in [5.74, 6) is -0.453. The predicted octanol–water partition coefficient (Wildman–Crippen LogP) is 4.09. The number of aromatic nitrogens is 2. The Morgan fingerprint density at radius 1 is 1.04 bits per heavy atom. The summed E-state index contributed by atoms with van der Waals surface area (Å²) in [5, 5.41) is 2.98. The lowest BCUT2D eigenvalue weighted by Gasteiger charge is -2.15. The molecule has 26 heavy (non-hydrogen) atoms. The fourth-order valence-electron chi connectivity index (χ4n) is 2.76. The molecule has 4 nitrogen and oxygen atoms in total. The van der Waals surface area contributed by atoms with Gasteiger partial charge in [-0.2, -0.15) is 0 Å². The van der Waals surface area contributed by atoms with E-state index in [0.717, 1.165) is 28.5 Å². The second-order valence-electron chi connectivity index (χ2n) is 6.16. The molecule has 0 aliphatic carbocycles. The molecule has 2 heterocycles. The molecule has 0 spiro atoms. The molecule has 132 valence electrons. The summed E-state index contributed by atoms with van der Waals surface area (Å²) in [6.07, 6.45) is 7.02. The number of halogens is 1. The largest absolute Gasteiger partial charge is 0.350 e. The number of hydrogen-bond donors (Lipinski definition) is 1. The van der Waals surface area contributed by atoms with Gasteiger partial charge in [-0.05, 0) is 53.8 Å². The standard InChI is InChI=1S/C21H20FN3O/c1-15(25-21(26)7-2-16-12-20(22)14-24-13-16)17-3-5-18(6-4-17)19-8-10-23-11-9-19/h3-6,8-15H,2,7H2,1H3,(H,25,26). The van der Waals surface area contributed by atoms with Gasteiger partial charge in [0.05, 0.1) is 12.2 Å². The summed E-state index contributed by atoms with van der Waals surface area (Å²) < 4.78 is 13.1. The van der Waals surface area contributed by atoms with Gasteiger partial charge in [-0.1, -0.05) is 24.3 Å². The van der Waals surface area contributed by atoms with Crippen LogP contribution in [-0.4, -0.2) is 15.9 Å². The first kappa shape index (κ1) is 17.7. The molecular formula is C21H20FN3O. The molecule has 0 saturated carbocycles. The SMILES string of the molecule is CC(NC(=O)CCc1cncc(F)c1)c1ccc(-c2ccncc2)cc1. The quantitative estimate of drug-likeness (QED) is 0.729. The Morgan fingerprint density at radius 3 is 2.42 bits per heavy atom. The molecule has 1 atom stereocenters. The molecule has 0 bridgehead atoms. The zero-order chi connectivity index (χ0) is 18.4. The van der Waals surface area contributed by atoms with E-state index in [1.165, 1.54) is 6.07 Å². The van der Waals surface area contributed by atoms with Crippen LogP contribution in [0.3, 0.4) is 0 Å². The minimum atomic E-state index is -0.384. The van der Waals surface area contributed by atoms with Crippen molar-refractivity contribution in [2.45, 2.75) is 25.8 Å². The van der Waals surface area contributed by atoms with E-state index in [4.69, 9.17) is 0 Å². The van der Waals surface area contributed by atoms with E-state index < -0.39 is 0 Å². The van der Waals surface area contributed by atoms with Crippen LogP contribution in [0.2, 0.25) is 0 Å². The van der Waals surface area contributed by atoms with Gasteiger partial charge in [0.1, 0.15) is 5.82 Å². The number of benzene rings is 1. The number of aryl methyl sites for hydroxylation is 1. The van der Waals surface area contributed by atoms with Crippen LogP contribution in [0.25, 0.3) is 11.1 Å². The zero-order valence-electron chi connectivity index (χ0n) is 14.5. The fraction of sp³-hybridized carbons (Fsp3) is 0.190. The van der Waals surface area contributed by atoms with Crippen molar-refractivity contribution in [2.24, 2.45) is 0 Å². The van der Waals surface area contributed by atoms with Gasteiger partial charge < -0.3 is 5.32 Å². The van der Waals surface area contributed by atoms with Crippen molar-refractivity contribution in [3.63, 3.8) is 0 Å². The maximum Gasteiger partial charge on any atom is 0.220 e. The van der Waals surface area contributed by atoms with Crippen LogP contribution in [0.4, 0.5) is 4.39 Å². The number of nitrogens with one attached hydrogen (secondary N) is 1. The van der Waals surface area contributed by atoms with Crippen molar-refractivity contribution >= 4 is 5.91 Å². The van der Waals surface area contributed by atoms with Gasteiger partial charge in [0.2, 0.25) is 5.91 Å². The lowest BCUT2D eigenvalue weighted by Crippen LogP contribution is -2.26. The first-order valence-corrected chi connectivity index (χ1v) is 8.51. The number of amides is 1. The highest BCUT2D eigenvalue weighted by atomic mass is 19.1. The van der Waals surface area contributed by atoms with Crippen molar-refractivity contribution in [1.82, 2.24) is 15.3 Å². The van der Waals surface area contributed by atoms with Gasteiger partial charge in [0, 0.05) is 25.0 Å². The summed E-state index contributed by atoms with van der Waals surface area (Å²) in [4.78, 5) is 20.0. The molecule has 3 aromatic rings. The molecule has 1 aromatic carbocycles. The first-order valence-electron chi connectivity index (χ1n) is 8.51. The minimum Gasteiger partial charge on any atom is -0.350 e. The van der Waals surface area contributed by atoms with E-state index in [-0.39, 0.29) is 17.8 Å². The molecule has 1 amide bonds. The molecule has 0 aliphatic rings. The molecule has 0 saturated heterocycles. The van der Waals surface area contributed by atoms with Gasteiger partial charge in [0.25, 0.3) is 0 Å². The summed E-state index contributed by atoms with van der Waals surface area (Å²) in [5.41, 5.74) is 3.96. The maximum absolute atomic E-state index is 13.1. The second kappa shape index (κ2) is 8.34. The lowest BCUT2D eigenvalue weighted by molar-refractivity contribution is -0.121. The third kappa shape index (κ3) is 4.72.